The molecular formula is C17H13F4N3O4S. The van der Waals surface area contributed by atoms with Crippen molar-refractivity contribution >= 4 is 22.2 Å². The van der Waals surface area contributed by atoms with Crippen molar-refractivity contribution < 1.29 is 36.3 Å². The first kappa shape index (κ1) is 19.7. The SMILES string of the molecule is COc1ccnc(C[S+]([O-])c2nc3cc4c(cc3[nH]2)C(F)(F)OC(F)(F)O4)c1C. The van der Waals surface area contributed by atoms with E-state index in [0.717, 1.165) is 12.1 Å². The molecule has 0 saturated heterocycles. The van der Waals surface area contributed by atoms with Gasteiger partial charge < -0.3 is 14.0 Å². The van der Waals surface area contributed by atoms with E-state index in [0.29, 0.717) is 17.0 Å². The van der Waals surface area contributed by atoms with Crippen LogP contribution in [0.5, 0.6) is 11.5 Å². The molecule has 4 rings (SSSR count). The van der Waals surface area contributed by atoms with Crippen molar-refractivity contribution in [1.29, 1.82) is 0 Å². The van der Waals surface area contributed by atoms with Gasteiger partial charge >= 0.3 is 17.6 Å². The Balaban J connectivity index is 1.68. The molecule has 0 aliphatic carbocycles. The van der Waals surface area contributed by atoms with Crippen molar-refractivity contribution in [3.8, 4) is 11.5 Å². The number of H-pyrrole nitrogens is 1. The van der Waals surface area contributed by atoms with Gasteiger partial charge in [0.15, 0.2) is 5.75 Å². The van der Waals surface area contributed by atoms with Crippen molar-refractivity contribution in [3.63, 3.8) is 0 Å². The van der Waals surface area contributed by atoms with Gasteiger partial charge in [-0.05, 0) is 19.1 Å². The molecule has 0 amide bonds. The minimum Gasteiger partial charge on any atom is -0.609 e. The largest absolute Gasteiger partial charge is 0.609 e. The van der Waals surface area contributed by atoms with Crippen molar-refractivity contribution in [3.05, 3.63) is 41.2 Å². The summed E-state index contributed by atoms with van der Waals surface area (Å²) in [7, 11) is 1.50. The van der Waals surface area contributed by atoms with E-state index in [9.17, 15) is 22.1 Å². The number of nitrogens with one attached hydrogen (secondary N) is 1. The predicted octanol–water partition coefficient (Wildman–Crippen LogP) is 3.59. The van der Waals surface area contributed by atoms with Gasteiger partial charge in [0.25, 0.3) is 0 Å². The van der Waals surface area contributed by atoms with Gasteiger partial charge in [-0.15, -0.1) is 8.78 Å². The first-order chi connectivity index (χ1) is 13.6. The molecule has 154 valence electrons. The van der Waals surface area contributed by atoms with Crippen molar-refractivity contribution in [2.75, 3.05) is 7.11 Å². The highest BCUT2D eigenvalue weighted by atomic mass is 32.2. The number of hydrogen-bond donors (Lipinski definition) is 1. The van der Waals surface area contributed by atoms with Crippen molar-refractivity contribution in [1.82, 2.24) is 15.0 Å². The summed E-state index contributed by atoms with van der Waals surface area (Å²) in [6.45, 7) is 1.75. The van der Waals surface area contributed by atoms with Gasteiger partial charge in [0.2, 0.25) is 0 Å². The summed E-state index contributed by atoms with van der Waals surface area (Å²) in [5.74, 6) is -0.214. The van der Waals surface area contributed by atoms with Crippen LogP contribution in [0, 0.1) is 6.92 Å². The summed E-state index contributed by atoms with van der Waals surface area (Å²) < 4.78 is 79.7. The van der Waals surface area contributed by atoms with Crippen molar-refractivity contribution in [2.45, 2.75) is 30.2 Å². The molecule has 0 bridgehead atoms. The molecule has 1 aliphatic rings. The number of nitrogens with zero attached hydrogens (tertiary/aromatic N) is 2. The lowest BCUT2D eigenvalue weighted by molar-refractivity contribution is -0.461. The van der Waals surface area contributed by atoms with Crippen LogP contribution in [0.2, 0.25) is 0 Å². The zero-order chi connectivity index (χ0) is 21.0. The van der Waals surface area contributed by atoms with Crippen LogP contribution in [0.4, 0.5) is 17.6 Å². The Hall–Kier alpha value is -2.57. The van der Waals surface area contributed by atoms with Crippen molar-refractivity contribution in [2.24, 2.45) is 0 Å². The molecule has 7 nitrogen and oxygen atoms in total. The lowest BCUT2D eigenvalue weighted by atomic mass is 10.1. The fourth-order valence-corrected chi connectivity index (χ4v) is 4.01. The van der Waals surface area contributed by atoms with E-state index in [4.69, 9.17) is 4.74 Å². The number of aromatic amines is 1. The average molecular weight is 431 g/mol. The predicted molar refractivity (Wildman–Crippen MR) is 92.3 cm³/mol. The fourth-order valence-electron chi connectivity index (χ4n) is 2.91. The van der Waals surface area contributed by atoms with Gasteiger partial charge in [-0.3, -0.25) is 9.97 Å². The highest BCUT2D eigenvalue weighted by Crippen LogP contribution is 2.47. The minimum atomic E-state index is -4.48. The Kier molecular flexibility index (Phi) is 4.59. The number of alkyl halides is 4. The van der Waals surface area contributed by atoms with Crippen LogP contribution < -0.4 is 9.47 Å². The lowest BCUT2D eigenvalue weighted by Crippen LogP contribution is -2.41. The Bertz CT molecular complexity index is 1090. The number of benzene rings is 1. The standard InChI is InChI=1S/C17H13F4N3O4S/c1-8-12(22-4-3-13(8)26-2)7-29(25)15-23-10-5-9-14(6-11(10)24-15)27-17(20,21)28-16(9,18)19/h3-6H,7H2,1-2H3,(H,23,24). The fraction of sp³-hybridized carbons (Fsp3) is 0.294. The Labute approximate surface area is 164 Å². The zero-order valence-corrected chi connectivity index (χ0v) is 15.8. The highest BCUT2D eigenvalue weighted by Gasteiger charge is 2.54. The molecule has 29 heavy (non-hydrogen) atoms. The number of rotatable bonds is 4. The summed E-state index contributed by atoms with van der Waals surface area (Å²) >= 11 is -1.72. The van der Waals surface area contributed by atoms with Crippen LogP contribution in [-0.2, 0) is 27.8 Å². The van der Waals surface area contributed by atoms with Crippen LogP contribution >= 0.6 is 0 Å². The van der Waals surface area contributed by atoms with E-state index in [2.05, 4.69) is 24.4 Å². The maximum atomic E-state index is 13.9. The Morgan fingerprint density at radius 2 is 2.03 bits per heavy atom. The van der Waals surface area contributed by atoms with Gasteiger partial charge in [0.05, 0.1) is 29.4 Å². The number of pyridine rings is 1. The van der Waals surface area contributed by atoms with Gasteiger partial charge in [-0.2, -0.15) is 13.8 Å². The summed E-state index contributed by atoms with van der Waals surface area (Å²) in [4.78, 5) is 10.9. The summed E-state index contributed by atoms with van der Waals surface area (Å²) in [5.41, 5.74) is 0.422. The second-order valence-electron chi connectivity index (χ2n) is 6.17. The number of halogens is 4. The van der Waals surface area contributed by atoms with Crippen LogP contribution in [0.15, 0.2) is 29.6 Å². The van der Waals surface area contributed by atoms with Crippen LogP contribution in [0.3, 0.4) is 0 Å². The number of methoxy groups -OCH3 is 1. The van der Waals surface area contributed by atoms with E-state index in [-0.39, 0.29) is 21.9 Å². The maximum Gasteiger partial charge on any atom is 0.540 e. The number of aromatic nitrogens is 3. The second kappa shape index (κ2) is 6.75. The molecule has 1 atom stereocenters. The third kappa shape index (κ3) is 3.58. The third-order valence-electron chi connectivity index (χ3n) is 4.31. The number of ether oxygens (including phenoxy) is 3. The highest BCUT2D eigenvalue weighted by molar-refractivity contribution is 7.90. The molecule has 1 aliphatic heterocycles. The van der Waals surface area contributed by atoms with Crippen LogP contribution in [0.25, 0.3) is 11.0 Å². The molecule has 1 N–H and O–H groups in total. The van der Waals surface area contributed by atoms with Crippen LogP contribution in [-0.4, -0.2) is 32.9 Å². The van der Waals surface area contributed by atoms with Crippen LogP contribution in [0.1, 0.15) is 16.8 Å². The Morgan fingerprint density at radius 1 is 1.28 bits per heavy atom. The quantitative estimate of drug-likeness (QED) is 0.501. The topological polar surface area (TPSA) is 92.3 Å². The summed E-state index contributed by atoms with van der Waals surface area (Å²) in [6.07, 6.45) is -7.25. The number of imidazole rings is 1. The second-order valence-corrected chi connectivity index (χ2v) is 7.53. The maximum absolute atomic E-state index is 13.9. The molecule has 1 aromatic carbocycles. The molecular weight excluding hydrogens is 418 g/mol. The lowest BCUT2D eigenvalue weighted by Gasteiger charge is -2.30. The normalized spacial score (nSPS) is 18.2. The third-order valence-corrected chi connectivity index (χ3v) is 5.47. The molecule has 3 aromatic rings. The number of hydrogen-bond acceptors (Lipinski definition) is 6. The van der Waals surface area contributed by atoms with E-state index in [1.807, 2.05) is 0 Å². The smallest absolute Gasteiger partial charge is 0.540 e. The monoisotopic (exact) mass is 431 g/mol. The van der Waals surface area contributed by atoms with E-state index in [1.165, 1.54) is 13.3 Å². The molecule has 0 fully saturated rings. The van der Waals surface area contributed by atoms with E-state index in [1.54, 1.807) is 13.0 Å². The first-order valence-electron chi connectivity index (χ1n) is 8.15. The van der Waals surface area contributed by atoms with Gasteiger partial charge in [0.1, 0.15) is 11.5 Å². The first-order valence-corrected chi connectivity index (χ1v) is 9.47. The Morgan fingerprint density at radius 3 is 2.76 bits per heavy atom. The molecule has 2 aromatic heterocycles. The molecule has 1 unspecified atom stereocenters. The molecule has 12 heteroatoms. The molecule has 0 spiro atoms. The van der Waals surface area contributed by atoms with Gasteiger partial charge in [-0.1, -0.05) is 0 Å². The van der Waals surface area contributed by atoms with E-state index < -0.39 is 34.9 Å². The summed E-state index contributed by atoms with van der Waals surface area (Å²) in [5, 5.41) is -0.0256. The zero-order valence-electron chi connectivity index (χ0n) is 15.0. The average Bonchev–Trinajstić information content (AvgIpc) is 3.03. The molecule has 3 heterocycles. The summed E-state index contributed by atoms with van der Waals surface area (Å²) in [6, 6.07) is 3.45. The van der Waals surface area contributed by atoms with Gasteiger partial charge in [0, 0.05) is 29.0 Å². The van der Waals surface area contributed by atoms with Gasteiger partial charge in [-0.25, -0.2) is 4.74 Å². The molecule has 0 saturated carbocycles. The number of fused-ring (bicyclic) bond motifs is 2. The van der Waals surface area contributed by atoms with E-state index >= 15 is 0 Å². The molecule has 0 radical (unpaired) electrons. The minimum absolute atomic E-state index is 0.0174.